The number of nitrogens with zero attached hydrogens (tertiary/aromatic N) is 1. The van der Waals surface area contributed by atoms with Crippen LogP contribution >= 0.6 is 0 Å². The molecule has 0 amide bonds. The number of hydrogen-bond acceptors (Lipinski definition) is 3. The normalized spacial score (nSPS) is 12.8. The van der Waals surface area contributed by atoms with Crippen molar-refractivity contribution >= 4 is 5.69 Å². The van der Waals surface area contributed by atoms with Gasteiger partial charge in [0.25, 0.3) is 0 Å². The predicted octanol–water partition coefficient (Wildman–Crippen LogP) is 3.21. The molecule has 3 nitrogen and oxygen atoms in total. The van der Waals surface area contributed by atoms with Gasteiger partial charge in [-0.05, 0) is 31.4 Å². The van der Waals surface area contributed by atoms with E-state index in [1.54, 1.807) is 7.11 Å². The number of benzene rings is 1. The van der Waals surface area contributed by atoms with E-state index in [-0.39, 0.29) is 0 Å². The number of methoxy groups -OCH3 is 1. The van der Waals surface area contributed by atoms with Crippen molar-refractivity contribution in [3.05, 3.63) is 29.3 Å². The number of aryl methyl sites for hydroxylation is 1. The highest BCUT2D eigenvalue weighted by Crippen LogP contribution is 2.24. The monoisotopic (exact) mass is 278 g/mol. The van der Waals surface area contributed by atoms with E-state index in [4.69, 9.17) is 4.74 Å². The maximum Gasteiger partial charge on any atom is 0.0587 e. The summed E-state index contributed by atoms with van der Waals surface area (Å²) in [5, 5.41) is 3.44. The molecular formula is C17H30N2O. The van der Waals surface area contributed by atoms with Crippen LogP contribution in [0.25, 0.3) is 0 Å². The molecular weight excluding hydrogens is 248 g/mol. The van der Waals surface area contributed by atoms with E-state index in [1.807, 2.05) is 0 Å². The van der Waals surface area contributed by atoms with E-state index >= 15 is 0 Å². The molecule has 3 heteroatoms. The third-order valence-corrected chi connectivity index (χ3v) is 3.99. The quantitative estimate of drug-likeness (QED) is 0.739. The smallest absolute Gasteiger partial charge is 0.0587 e. The van der Waals surface area contributed by atoms with Crippen molar-refractivity contribution in [1.29, 1.82) is 0 Å². The minimum absolute atomic E-state index is 0.524. The average Bonchev–Trinajstić information content (AvgIpc) is 2.42. The molecule has 0 spiro atoms. The van der Waals surface area contributed by atoms with Gasteiger partial charge in [-0.3, -0.25) is 0 Å². The lowest BCUT2D eigenvalue weighted by molar-refractivity contribution is 0.199. The van der Waals surface area contributed by atoms with Gasteiger partial charge in [0.2, 0.25) is 0 Å². The van der Waals surface area contributed by atoms with Crippen molar-refractivity contribution < 1.29 is 4.74 Å². The van der Waals surface area contributed by atoms with Crippen LogP contribution in [0, 0.1) is 12.8 Å². The van der Waals surface area contributed by atoms with E-state index < -0.39 is 0 Å². The summed E-state index contributed by atoms with van der Waals surface area (Å²) in [5.74, 6) is 0.635. The summed E-state index contributed by atoms with van der Waals surface area (Å²) in [6.07, 6.45) is 0. The van der Waals surface area contributed by atoms with E-state index in [2.05, 4.69) is 63.2 Å². The first-order valence-corrected chi connectivity index (χ1v) is 7.49. The molecule has 0 fully saturated rings. The van der Waals surface area contributed by atoms with Gasteiger partial charge in [-0.2, -0.15) is 0 Å². The Balaban J connectivity index is 2.83. The SMILES string of the molecule is COCCNCc1cc(C)ccc1N(C)C(C)C(C)C. The van der Waals surface area contributed by atoms with Crippen LogP contribution in [0.2, 0.25) is 0 Å². The second kappa shape index (κ2) is 8.28. The standard InChI is InChI=1S/C17H30N2O/c1-13(2)15(4)19(5)17-8-7-14(3)11-16(17)12-18-9-10-20-6/h7-8,11,13,15,18H,9-10,12H2,1-6H3. The molecule has 1 aromatic carbocycles. The molecule has 1 unspecified atom stereocenters. The molecule has 1 atom stereocenters. The van der Waals surface area contributed by atoms with Gasteiger partial charge in [0, 0.05) is 39.0 Å². The van der Waals surface area contributed by atoms with Crippen molar-refractivity contribution in [2.24, 2.45) is 5.92 Å². The molecule has 0 radical (unpaired) electrons. The Morgan fingerprint density at radius 2 is 1.95 bits per heavy atom. The number of anilines is 1. The topological polar surface area (TPSA) is 24.5 Å². The number of hydrogen-bond donors (Lipinski definition) is 1. The van der Waals surface area contributed by atoms with Crippen molar-refractivity contribution in [1.82, 2.24) is 5.32 Å². The minimum atomic E-state index is 0.524. The van der Waals surface area contributed by atoms with Crippen molar-refractivity contribution in [2.75, 3.05) is 32.2 Å². The highest BCUT2D eigenvalue weighted by Gasteiger charge is 2.16. The fourth-order valence-electron chi connectivity index (χ4n) is 2.26. The lowest BCUT2D eigenvalue weighted by Crippen LogP contribution is -2.34. The third-order valence-electron chi connectivity index (χ3n) is 3.99. The zero-order chi connectivity index (χ0) is 15.1. The molecule has 0 aliphatic rings. The Kier molecular flexibility index (Phi) is 7.03. The van der Waals surface area contributed by atoms with E-state index in [0.717, 1.165) is 19.7 Å². The Morgan fingerprint density at radius 1 is 1.25 bits per heavy atom. The van der Waals surface area contributed by atoms with Crippen LogP contribution in [0.5, 0.6) is 0 Å². The molecule has 0 heterocycles. The van der Waals surface area contributed by atoms with E-state index in [0.29, 0.717) is 12.0 Å². The highest BCUT2D eigenvalue weighted by atomic mass is 16.5. The first-order chi connectivity index (χ1) is 9.47. The summed E-state index contributed by atoms with van der Waals surface area (Å²) >= 11 is 0. The van der Waals surface area contributed by atoms with Crippen LogP contribution in [0.3, 0.4) is 0 Å². The number of ether oxygens (including phenoxy) is 1. The molecule has 0 saturated carbocycles. The second-order valence-corrected chi connectivity index (χ2v) is 5.90. The molecule has 20 heavy (non-hydrogen) atoms. The average molecular weight is 278 g/mol. The van der Waals surface area contributed by atoms with Crippen LogP contribution in [0.1, 0.15) is 31.9 Å². The summed E-state index contributed by atoms with van der Waals surface area (Å²) in [5.41, 5.74) is 3.99. The van der Waals surface area contributed by atoms with Crippen LogP contribution in [0.4, 0.5) is 5.69 Å². The number of nitrogens with one attached hydrogen (secondary N) is 1. The molecule has 1 rings (SSSR count). The first kappa shape index (κ1) is 17.0. The van der Waals surface area contributed by atoms with Gasteiger partial charge in [-0.15, -0.1) is 0 Å². The van der Waals surface area contributed by atoms with Gasteiger partial charge >= 0.3 is 0 Å². The van der Waals surface area contributed by atoms with Crippen LogP contribution in [0.15, 0.2) is 18.2 Å². The fourth-order valence-corrected chi connectivity index (χ4v) is 2.26. The molecule has 0 aliphatic carbocycles. The van der Waals surface area contributed by atoms with E-state index in [1.165, 1.54) is 16.8 Å². The summed E-state index contributed by atoms with van der Waals surface area (Å²) in [6, 6.07) is 7.23. The summed E-state index contributed by atoms with van der Waals surface area (Å²) in [7, 11) is 3.92. The van der Waals surface area contributed by atoms with Gasteiger partial charge in [0.15, 0.2) is 0 Å². The maximum absolute atomic E-state index is 5.08. The predicted molar refractivity (Wildman–Crippen MR) is 87.5 cm³/mol. The van der Waals surface area contributed by atoms with Crippen molar-refractivity contribution in [3.8, 4) is 0 Å². The van der Waals surface area contributed by atoms with Gasteiger partial charge in [0.1, 0.15) is 0 Å². The zero-order valence-electron chi connectivity index (χ0n) is 13.9. The Morgan fingerprint density at radius 3 is 2.55 bits per heavy atom. The summed E-state index contributed by atoms with van der Waals surface area (Å²) in [6.45, 7) is 11.5. The molecule has 0 aromatic heterocycles. The molecule has 114 valence electrons. The van der Waals surface area contributed by atoms with Gasteiger partial charge in [-0.25, -0.2) is 0 Å². The molecule has 0 bridgehead atoms. The molecule has 0 aliphatic heterocycles. The Bertz CT molecular complexity index is 404. The largest absolute Gasteiger partial charge is 0.383 e. The van der Waals surface area contributed by atoms with Crippen molar-refractivity contribution in [2.45, 2.75) is 40.3 Å². The molecule has 0 saturated heterocycles. The van der Waals surface area contributed by atoms with Crippen LogP contribution < -0.4 is 10.2 Å². The Labute approximate surface area is 124 Å². The first-order valence-electron chi connectivity index (χ1n) is 7.49. The minimum Gasteiger partial charge on any atom is -0.383 e. The van der Waals surface area contributed by atoms with Gasteiger partial charge in [0.05, 0.1) is 6.61 Å². The fraction of sp³-hybridized carbons (Fsp3) is 0.647. The van der Waals surface area contributed by atoms with Crippen molar-refractivity contribution in [3.63, 3.8) is 0 Å². The van der Waals surface area contributed by atoms with Crippen LogP contribution in [-0.4, -0.2) is 33.4 Å². The molecule has 1 N–H and O–H groups in total. The Hall–Kier alpha value is -1.06. The highest BCUT2D eigenvalue weighted by molar-refractivity contribution is 5.55. The number of rotatable bonds is 8. The lowest BCUT2D eigenvalue weighted by atomic mass is 10.0. The van der Waals surface area contributed by atoms with Crippen LogP contribution in [-0.2, 0) is 11.3 Å². The summed E-state index contributed by atoms with van der Waals surface area (Å²) < 4.78 is 5.08. The zero-order valence-corrected chi connectivity index (χ0v) is 13.9. The molecule has 1 aromatic rings. The van der Waals surface area contributed by atoms with Gasteiger partial charge < -0.3 is 15.0 Å². The lowest BCUT2D eigenvalue weighted by Gasteiger charge is -2.32. The maximum atomic E-state index is 5.08. The van der Waals surface area contributed by atoms with Gasteiger partial charge in [-0.1, -0.05) is 31.5 Å². The second-order valence-electron chi connectivity index (χ2n) is 5.90. The summed E-state index contributed by atoms with van der Waals surface area (Å²) in [4.78, 5) is 2.39. The van der Waals surface area contributed by atoms with E-state index in [9.17, 15) is 0 Å². The third kappa shape index (κ3) is 4.80.